The molecule has 102 valence electrons. The summed E-state index contributed by atoms with van der Waals surface area (Å²) in [6.45, 7) is 3.76. The van der Waals surface area contributed by atoms with E-state index in [4.69, 9.17) is 9.47 Å². The fourth-order valence-corrected chi connectivity index (χ4v) is 2.25. The third-order valence-electron chi connectivity index (χ3n) is 2.50. The molecule has 1 aromatic rings. The van der Waals surface area contributed by atoms with Crippen LogP contribution in [0.2, 0.25) is 0 Å². The highest BCUT2D eigenvalue weighted by atomic mass is 32.2. The molecule has 0 fully saturated rings. The Labute approximate surface area is 114 Å². The molecule has 1 N–H and O–H groups in total. The summed E-state index contributed by atoms with van der Waals surface area (Å²) >= 11 is 1.94. The quantitative estimate of drug-likeness (QED) is 0.698. The van der Waals surface area contributed by atoms with Crippen LogP contribution in [0.4, 0.5) is 0 Å². The lowest BCUT2D eigenvalue weighted by Crippen LogP contribution is -2.06. The molecule has 0 saturated heterocycles. The predicted octanol–water partition coefficient (Wildman–Crippen LogP) is 2.94. The van der Waals surface area contributed by atoms with E-state index in [1.807, 2.05) is 30.9 Å². The Morgan fingerprint density at radius 1 is 1.28 bits per heavy atom. The lowest BCUT2D eigenvalue weighted by atomic mass is 10.2. The summed E-state index contributed by atoms with van der Waals surface area (Å²) in [5, 5.41) is 3.13. The minimum Gasteiger partial charge on any atom is -0.493 e. The van der Waals surface area contributed by atoms with Gasteiger partial charge in [-0.15, -0.1) is 0 Å². The van der Waals surface area contributed by atoms with Crippen LogP contribution in [0.25, 0.3) is 0 Å². The van der Waals surface area contributed by atoms with Crippen LogP contribution in [-0.2, 0) is 6.54 Å². The first kappa shape index (κ1) is 15.2. The van der Waals surface area contributed by atoms with Crippen molar-refractivity contribution in [2.45, 2.75) is 19.9 Å². The van der Waals surface area contributed by atoms with Gasteiger partial charge in [0.2, 0.25) is 0 Å². The second kappa shape index (κ2) is 9.11. The maximum Gasteiger partial charge on any atom is 0.161 e. The first-order chi connectivity index (χ1) is 8.81. The van der Waals surface area contributed by atoms with E-state index < -0.39 is 0 Å². The molecule has 18 heavy (non-hydrogen) atoms. The molecule has 0 unspecified atom stereocenters. The van der Waals surface area contributed by atoms with Crippen molar-refractivity contribution < 1.29 is 9.47 Å². The lowest BCUT2D eigenvalue weighted by molar-refractivity contribution is 0.295. The van der Waals surface area contributed by atoms with Crippen molar-refractivity contribution in [2.24, 2.45) is 0 Å². The fraction of sp³-hybridized carbons (Fsp3) is 0.571. The standard InChI is InChI=1S/C14H23NO2S/c1-4-18-9-5-8-17-14-10-12(11-15-2)6-7-13(14)16-3/h6-7,10,15H,4-5,8-9,11H2,1-3H3. The minimum atomic E-state index is 0.742. The van der Waals surface area contributed by atoms with Crippen molar-refractivity contribution in [1.29, 1.82) is 0 Å². The summed E-state index contributed by atoms with van der Waals surface area (Å²) in [5.41, 5.74) is 1.20. The minimum absolute atomic E-state index is 0.742. The van der Waals surface area contributed by atoms with E-state index in [0.29, 0.717) is 0 Å². The third-order valence-corrected chi connectivity index (χ3v) is 3.49. The van der Waals surface area contributed by atoms with Crippen molar-refractivity contribution in [1.82, 2.24) is 5.32 Å². The predicted molar refractivity (Wildman–Crippen MR) is 78.9 cm³/mol. The van der Waals surface area contributed by atoms with E-state index in [-0.39, 0.29) is 0 Å². The van der Waals surface area contributed by atoms with Crippen LogP contribution in [0.15, 0.2) is 18.2 Å². The van der Waals surface area contributed by atoms with E-state index in [0.717, 1.165) is 36.8 Å². The first-order valence-corrected chi connectivity index (χ1v) is 7.49. The molecule has 3 nitrogen and oxygen atoms in total. The van der Waals surface area contributed by atoms with Crippen molar-refractivity contribution in [3.05, 3.63) is 23.8 Å². The first-order valence-electron chi connectivity index (χ1n) is 6.33. The Hall–Kier alpha value is -0.870. The Morgan fingerprint density at radius 3 is 2.78 bits per heavy atom. The Balaban J connectivity index is 2.52. The maximum absolute atomic E-state index is 5.80. The van der Waals surface area contributed by atoms with Gasteiger partial charge in [0.25, 0.3) is 0 Å². The highest BCUT2D eigenvalue weighted by Crippen LogP contribution is 2.28. The summed E-state index contributed by atoms with van der Waals surface area (Å²) in [6, 6.07) is 6.06. The van der Waals surface area contributed by atoms with Crippen LogP contribution < -0.4 is 14.8 Å². The van der Waals surface area contributed by atoms with Gasteiger partial charge in [-0.05, 0) is 42.7 Å². The molecule has 4 heteroatoms. The zero-order chi connectivity index (χ0) is 13.2. The van der Waals surface area contributed by atoms with Crippen LogP contribution in [-0.4, -0.2) is 32.3 Å². The van der Waals surface area contributed by atoms with E-state index in [2.05, 4.69) is 18.3 Å². The fourth-order valence-electron chi connectivity index (χ4n) is 1.64. The normalized spacial score (nSPS) is 10.4. The van der Waals surface area contributed by atoms with Crippen LogP contribution in [0.5, 0.6) is 11.5 Å². The maximum atomic E-state index is 5.80. The van der Waals surface area contributed by atoms with Crippen molar-refractivity contribution in [2.75, 3.05) is 32.3 Å². The molecule has 0 heterocycles. The van der Waals surface area contributed by atoms with Gasteiger partial charge in [0, 0.05) is 6.54 Å². The molecule has 0 aliphatic heterocycles. The summed E-state index contributed by atoms with van der Waals surface area (Å²) in [6.07, 6.45) is 1.07. The van der Waals surface area contributed by atoms with E-state index >= 15 is 0 Å². The second-order valence-corrected chi connectivity index (χ2v) is 5.31. The third kappa shape index (κ3) is 5.19. The van der Waals surface area contributed by atoms with Crippen molar-refractivity contribution >= 4 is 11.8 Å². The molecule has 0 atom stereocenters. The van der Waals surface area contributed by atoms with Gasteiger partial charge in [-0.2, -0.15) is 11.8 Å². The number of hydrogen-bond donors (Lipinski definition) is 1. The van der Waals surface area contributed by atoms with Gasteiger partial charge in [-0.1, -0.05) is 13.0 Å². The summed E-state index contributed by atoms with van der Waals surface area (Å²) < 4.78 is 11.1. The van der Waals surface area contributed by atoms with E-state index in [9.17, 15) is 0 Å². The summed E-state index contributed by atoms with van der Waals surface area (Å²) in [4.78, 5) is 0. The molecular weight excluding hydrogens is 246 g/mol. The van der Waals surface area contributed by atoms with E-state index in [1.165, 1.54) is 11.3 Å². The van der Waals surface area contributed by atoms with Gasteiger partial charge >= 0.3 is 0 Å². The lowest BCUT2D eigenvalue weighted by Gasteiger charge is -2.12. The Kier molecular flexibility index (Phi) is 7.69. The summed E-state index contributed by atoms with van der Waals surface area (Å²) in [7, 11) is 3.61. The van der Waals surface area contributed by atoms with Gasteiger partial charge in [-0.3, -0.25) is 0 Å². The zero-order valence-corrected chi connectivity index (χ0v) is 12.3. The molecule has 1 rings (SSSR count). The molecule has 1 aromatic carbocycles. The molecule has 0 aliphatic rings. The molecule has 0 saturated carbocycles. The number of hydrogen-bond acceptors (Lipinski definition) is 4. The highest BCUT2D eigenvalue weighted by molar-refractivity contribution is 7.99. The molecule has 0 bridgehead atoms. The summed E-state index contributed by atoms with van der Waals surface area (Å²) in [5.74, 6) is 3.96. The molecule has 0 radical (unpaired) electrons. The van der Waals surface area contributed by atoms with Crippen LogP contribution in [0, 0.1) is 0 Å². The molecule has 0 aromatic heterocycles. The van der Waals surface area contributed by atoms with Gasteiger partial charge < -0.3 is 14.8 Å². The number of ether oxygens (including phenoxy) is 2. The molecule has 0 aliphatic carbocycles. The number of thioether (sulfide) groups is 1. The SMILES string of the molecule is CCSCCCOc1cc(CNC)ccc1OC. The van der Waals surface area contributed by atoms with Gasteiger partial charge in [0.1, 0.15) is 0 Å². The van der Waals surface area contributed by atoms with Crippen LogP contribution in [0.3, 0.4) is 0 Å². The molecular formula is C14H23NO2S. The number of benzene rings is 1. The second-order valence-electron chi connectivity index (χ2n) is 3.91. The van der Waals surface area contributed by atoms with E-state index in [1.54, 1.807) is 7.11 Å². The monoisotopic (exact) mass is 269 g/mol. The number of methoxy groups -OCH3 is 1. The topological polar surface area (TPSA) is 30.5 Å². The number of rotatable bonds is 9. The average molecular weight is 269 g/mol. The van der Waals surface area contributed by atoms with Crippen molar-refractivity contribution in [3.63, 3.8) is 0 Å². The van der Waals surface area contributed by atoms with Crippen LogP contribution >= 0.6 is 11.8 Å². The molecule has 0 spiro atoms. The smallest absolute Gasteiger partial charge is 0.161 e. The Morgan fingerprint density at radius 2 is 2.11 bits per heavy atom. The molecule has 0 amide bonds. The van der Waals surface area contributed by atoms with Gasteiger partial charge in [0.05, 0.1) is 13.7 Å². The average Bonchev–Trinajstić information content (AvgIpc) is 2.39. The van der Waals surface area contributed by atoms with Gasteiger partial charge in [-0.25, -0.2) is 0 Å². The number of nitrogens with one attached hydrogen (secondary N) is 1. The largest absolute Gasteiger partial charge is 0.493 e. The van der Waals surface area contributed by atoms with Crippen LogP contribution in [0.1, 0.15) is 18.9 Å². The van der Waals surface area contributed by atoms with Crippen molar-refractivity contribution in [3.8, 4) is 11.5 Å². The van der Waals surface area contributed by atoms with Gasteiger partial charge in [0.15, 0.2) is 11.5 Å². The zero-order valence-electron chi connectivity index (χ0n) is 11.5. The highest BCUT2D eigenvalue weighted by Gasteiger charge is 2.05. The Bertz CT molecular complexity index is 345.